The predicted molar refractivity (Wildman–Crippen MR) is 129 cm³/mol. The van der Waals surface area contributed by atoms with Crippen molar-refractivity contribution in [3.8, 4) is 0 Å². The first-order valence-corrected chi connectivity index (χ1v) is 11.7. The van der Waals surface area contributed by atoms with Crippen LogP contribution in [0, 0.1) is 0 Å². The minimum absolute atomic E-state index is 0.174. The number of hydrogen-bond donors (Lipinski definition) is 2. The molecule has 172 valence electrons. The van der Waals surface area contributed by atoms with Crippen LogP contribution in [0.2, 0.25) is 10.0 Å². The first-order valence-electron chi connectivity index (χ1n) is 11.0. The molecule has 1 fully saturated rings. The number of furan rings is 1. The van der Waals surface area contributed by atoms with Gasteiger partial charge in [-0.25, -0.2) is 0 Å². The SMILES string of the molecule is CCN1CCN(CC(=O)NC2(c3cc4ccccc4o3)C(=O)Nc3cc(Cl)cc(Cl)c32)CC1. The van der Waals surface area contributed by atoms with Crippen LogP contribution in [0.1, 0.15) is 18.2 Å². The average Bonchev–Trinajstić information content (AvgIpc) is 3.34. The number of halogens is 2. The first-order chi connectivity index (χ1) is 15.9. The van der Waals surface area contributed by atoms with Crippen molar-refractivity contribution in [1.29, 1.82) is 0 Å². The molecule has 2 N–H and O–H groups in total. The molecule has 0 bridgehead atoms. The Balaban J connectivity index is 1.54. The van der Waals surface area contributed by atoms with Gasteiger partial charge in [-0.1, -0.05) is 48.3 Å². The van der Waals surface area contributed by atoms with Crippen molar-refractivity contribution in [3.63, 3.8) is 0 Å². The number of carbonyl (C=O) groups excluding carboxylic acids is 2. The van der Waals surface area contributed by atoms with Crippen molar-refractivity contribution in [3.05, 3.63) is 63.8 Å². The smallest absolute Gasteiger partial charge is 0.262 e. The van der Waals surface area contributed by atoms with Gasteiger partial charge in [0, 0.05) is 42.2 Å². The number of benzene rings is 2. The van der Waals surface area contributed by atoms with Crippen LogP contribution in [0.25, 0.3) is 11.0 Å². The van der Waals surface area contributed by atoms with E-state index in [-0.39, 0.29) is 17.5 Å². The van der Waals surface area contributed by atoms with Gasteiger partial charge in [0.05, 0.1) is 17.3 Å². The Morgan fingerprint density at radius 1 is 1.12 bits per heavy atom. The van der Waals surface area contributed by atoms with Gasteiger partial charge in [0.2, 0.25) is 11.4 Å². The second-order valence-corrected chi connectivity index (χ2v) is 9.26. The van der Waals surface area contributed by atoms with Gasteiger partial charge in [0.1, 0.15) is 11.3 Å². The number of nitrogens with zero attached hydrogens (tertiary/aromatic N) is 2. The Bertz CT molecular complexity index is 1200. The number of anilines is 1. The summed E-state index contributed by atoms with van der Waals surface area (Å²) >= 11 is 12.8. The van der Waals surface area contributed by atoms with Gasteiger partial charge in [-0.05, 0) is 30.8 Å². The van der Waals surface area contributed by atoms with Crippen LogP contribution in [0.15, 0.2) is 46.9 Å². The third kappa shape index (κ3) is 3.89. The van der Waals surface area contributed by atoms with Gasteiger partial charge >= 0.3 is 0 Å². The number of piperazine rings is 1. The van der Waals surface area contributed by atoms with Crippen molar-refractivity contribution in [2.75, 3.05) is 44.6 Å². The molecule has 3 heterocycles. The normalized spacial score (nSPS) is 21.2. The summed E-state index contributed by atoms with van der Waals surface area (Å²) in [6.07, 6.45) is 0. The quantitative estimate of drug-likeness (QED) is 0.574. The van der Waals surface area contributed by atoms with E-state index in [1.807, 2.05) is 24.3 Å². The molecule has 0 saturated carbocycles. The van der Waals surface area contributed by atoms with E-state index in [1.54, 1.807) is 18.2 Å². The number of likely N-dealkylation sites (N-methyl/N-ethyl adjacent to an activating group) is 1. The lowest BCUT2D eigenvalue weighted by Crippen LogP contribution is -2.55. The van der Waals surface area contributed by atoms with E-state index in [9.17, 15) is 9.59 Å². The topological polar surface area (TPSA) is 77.8 Å². The van der Waals surface area contributed by atoms with E-state index < -0.39 is 11.4 Å². The van der Waals surface area contributed by atoms with E-state index in [1.165, 1.54) is 0 Å². The van der Waals surface area contributed by atoms with Crippen LogP contribution in [-0.4, -0.2) is 60.9 Å². The molecule has 1 aromatic heterocycles. The second kappa shape index (κ2) is 8.65. The standard InChI is InChI=1S/C24H24Cl2N4O3/c1-2-29-7-9-30(10-8-29)14-21(31)28-24(20-11-15-5-3-4-6-19(15)33-20)22-17(26)12-16(25)13-18(22)27-23(24)32/h3-6,11-13H,2,7-10,14H2,1H3,(H,27,32)(H,28,31). The van der Waals surface area contributed by atoms with E-state index in [0.29, 0.717) is 27.6 Å². The fourth-order valence-corrected chi connectivity index (χ4v) is 5.32. The van der Waals surface area contributed by atoms with Crippen molar-refractivity contribution < 1.29 is 14.0 Å². The highest BCUT2D eigenvalue weighted by molar-refractivity contribution is 6.37. The van der Waals surface area contributed by atoms with Crippen LogP contribution >= 0.6 is 23.2 Å². The third-order valence-corrected chi connectivity index (χ3v) is 6.94. The number of para-hydroxylation sites is 1. The molecular formula is C24H24Cl2N4O3. The zero-order chi connectivity index (χ0) is 23.2. The summed E-state index contributed by atoms with van der Waals surface area (Å²) in [5, 5.41) is 7.30. The summed E-state index contributed by atoms with van der Waals surface area (Å²) in [5.74, 6) is -0.423. The molecule has 2 aliphatic rings. The van der Waals surface area contributed by atoms with Crippen molar-refractivity contribution in [2.45, 2.75) is 12.5 Å². The molecule has 3 aromatic rings. The van der Waals surface area contributed by atoms with Crippen LogP contribution in [0.5, 0.6) is 0 Å². The largest absolute Gasteiger partial charge is 0.458 e. The zero-order valence-corrected chi connectivity index (χ0v) is 19.7. The summed E-state index contributed by atoms with van der Waals surface area (Å²) in [6.45, 7) is 6.69. The molecule has 1 atom stereocenters. The maximum atomic E-state index is 13.5. The van der Waals surface area contributed by atoms with Crippen LogP contribution in [-0.2, 0) is 15.1 Å². The molecule has 7 nitrogen and oxygen atoms in total. The summed E-state index contributed by atoms with van der Waals surface area (Å²) in [6, 6.07) is 12.4. The fourth-order valence-electron chi connectivity index (χ4n) is 4.68. The highest BCUT2D eigenvalue weighted by Crippen LogP contribution is 2.47. The second-order valence-electron chi connectivity index (χ2n) is 8.42. The Kier molecular flexibility index (Phi) is 5.82. The lowest BCUT2D eigenvalue weighted by molar-refractivity contribution is -0.130. The number of carbonyl (C=O) groups is 2. The fraction of sp³-hybridized carbons (Fsp3) is 0.333. The predicted octanol–water partition coefficient (Wildman–Crippen LogP) is 3.69. The molecule has 9 heteroatoms. The summed E-state index contributed by atoms with van der Waals surface area (Å²) in [7, 11) is 0. The van der Waals surface area contributed by atoms with E-state index in [4.69, 9.17) is 27.6 Å². The van der Waals surface area contributed by atoms with Gasteiger partial charge in [-0.2, -0.15) is 0 Å². The number of rotatable bonds is 5. The zero-order valence-electron chi connectivity index (χ0n) is 18.2. The molecular weight excluding hydrogens is 463 g/mol. The van der Waals surface area contributed by atoms with E-state index >= 15 is 0 Å². The van der Waals surface area contributed by atoms with Gasteiger partial charge in [-0.3, -0.25) is 14.5 Å². The highest BCUT2D eigenvalue weighted by Gasteiger charge is 2.53. The summed E-state index contributed by atoms with van der Waals surface area (Å²) in [5.41, 5.74) is -0.0991. The molecule has 33 heavy (non-hydrogen) atoms. The van der Waals surface area contributed by atoms with Crippen molar-refractivity contribution in [2.24, 2.45) is 0 Å². The number of nitrogens with one attached hydrogen (secondary N) is 2. The van der Waals surface area contributed by atoms with Crippen molar-refractivity contribution >= 4 is 51.7 Å². The highest BCUT2D eigenvalue weighted by atomic mass is 35.5. The lowest BCUT2D eigenvalue weighted by atomic mass is 9.88. The van der Waals surface area contributed by atoms with Gasteiger partial charge in [0.15, 0.2) is 0 Å². The monoisotopic (exact) mass is 486 g/mol. The van der Waals surface area contributed by atoms with Gasteiger partial charge in [-0.15, -0.1) is 0 Å². The average molecular weight is 487 g/mol. The molecule has 0 aliphatic carbocycles. The molecule has 2 amide bonds. The van der Waals surface area contributed by atoms with Gasteiger partial charge in [0.25, 0.3) is 5.91 Å². The molecule has 0 spiro atoms. The summed E-state index contributed by atoms with van der Waals surface area (Å²) in [4.78, 5) is 31.2. The maximum Gasteiger partial charge on any atom is 0.262 e. The Morgan fingerprint density at radius 2 is 1.85 bits per heavy atom. The maximum absolute atomic E-state index is 13.5. The number of hydrogen-bond acceptors (Lipinski definition) is 5. The Labute approximate surface area is 201 Å². The van der Waals surface area contributed by atoms with E-state index in [2.05, 4.69) is 27.4 Å². The molecule has 2 aliphatic heterocycles. The first kappa shape index (κ1) is 22.2. The number of amides is 2. The van der Waals surface area contributed by atoms with Crippen LogP contribution in [0.4, 0.5) is 5.69 Å². The van der Waals surface area contributed by atoms with Crippen molar-refractivity contribution in [1.82, 2.24) is 15.1 Å². The van der Waals surface area contributed by atoms with Crippen LogP contribution in [0.3, 0.4) is 0 Å². The summed E-state index contributed by atoms with van der Waals surface area (Å²) < 4.78 is 6.10. The third-order valence-electron chi connectivity index (χ3n) is 6.42. The minimum Gasteiger partial charge on any atom is -0.458 e. The minimum atomic E-state index is -1.60. The molecule has 5 rings (SSSR count). The van der Waals surface area contributed by atoms with Gasteiger partial charge < -0.3 is 20.0 Å². The lowest BCUT2D eigenvalue weighted by Gasteiger charge is -2.34. The molecule has 1 unspecified atom stereocenters. The van der Waals surface area contributed by atoms with Crippen LogP contribution < -0.4 is 10.6 Å². The Hall–Kier alpha value is -2.58. The molecule has 2 aromatic carbocycles. The number of fused-ring (bicyclic) bond motifs is 2. The molecule has 0 radical (unpaired) electrons. The van der Waals surface area contributed by atoms with E-state index in [0.717, 1.165) is 38.1 Å². The Morgan fingerprint density at radius 3 is 2.58 bits per heavy atom. The molecule has 1 saturated heterocycles.